The Morgan fingerprint density at radius 1 is 0.935 bits per heavy atom. The Kier molecular flexibility index (Phi) is 6.91. The number of sulfonamides is 1. The molecule has 0 unspecified atom stereocenters. The van der Waals surface area contributed by atoms with Crippen LogP contribution < -0.4 is 28.6 Å². The van der Waals surface area contributed by atoms with Crippen LogP contribution in [-0.4, -0.2) is 49.3 Å². The molecular formula is C21H26N2O7S. The van der Waals surface area contributed by atoms with Crippen molar-refractivity contribution < 1.29 is 32.2 Å². The van der Waals surface area contributed by atoms with Crippen molar-refractivity contribution in [3.63, 3.8) is 0 Å². The molecule has 1 aliphatic rings. The minimum absolute atomic E-state index is 0.0300. The van der Waals surface area contributed by atoms with E-state index in [2.05, 4.69) is 4.72 Å². The minimum Gasteiger partial charge on any atom is -0.495 e. The number of hydrogen-bond acceptors (Lipinski definition) is 7. The van der Waals surface area contributed by atoms with Gasteiger partial charge in [-0.3, -0.25) is 4.79 Å². The second kappa shape index (κ2) is 9.44. The zero-order chi connectivity index (χ0) is 22.6. The molecule has 0 bridgehead atoms. The topological polar surface area (TPSA) is 103 Å². The van der Waals surface area contributed by atoms with Gasteiger partial charge in [0.1, 0.15) is 5.75 Å². The zero-order valence-corrected chi connectivity index (χ0v) is 18.7. The van der Waals surface area contributed by atoms with E-state index < -0.39 is 10.0 Å². The Bertz CT molecular complexity index is 1070. The Labute approximate surface area is 181 Å². The molecule has 0 spiro atoms. The van der Waals surface area contributed by atoms with E-state index in [0.717, 1.165) is 6.42 Å². The standard InChI is InChI=1S/C21H26N2O7S/c1-27-17-10-8-15(12-16(17)23-11-5-6-19(23)24)31(25,26)22-13-14-7-9-18(28-2)21(30-4)20(14)29-3/h7-10,12,22H,5-6,11,13H2,1-4H3. The van der Waals surface area contributed by atoms with Crippen LogP contribution >= 0.6 is 0 Å². The first-order valence-electron chi connectivity index (χ1n) is 9.62. The molecule has 1 saturated heterocycles. The highest BCUT2D eigenvalue weighted by Crippen LogP contribution is 2.40. The van der Waals surface area contributed by atoms with Gasteiger partial charge < -0.3 is 23.8 Å². The van der Waals surface area contributed by atoms with Crippen LogP contribution in [0, 0.1) is 0 Å². The lowest BCUT2D eigenvalue weighted by molar-refractivity contribution is -0.117. The van der Waals surface area contributed by atoms with Crippen molar-refractivity contribution in [2.24, 2.45) is 0 Å². The Balaban J connectivity index is 1.89. The van der Waals surface area contributed by atoms with Crippen molar-refractivity contribution in [3.8, 4) is 23.0 Å². The van der Waals surface area contributed by atoms with Gasteiger partial charge in [0.15, 0.2) is 11.5 Å². The summed E-state index contributed by atoms with van der Waals surface area (Å²) in [6.45, 7) is 0.491. The van der Waals surface area contributed by atoms with Gasteiger partial charge in [0.05, 0.1) is 39.0 Å². The molecule has 9 nitrogen and oxygen atoms in total. The third kappa shape index (κ3) is 4.54. The number of nitrogens with zero attached hydrogens (tertiary/aromatic N) is 1. The number of amides is 1. The molecule has 1 aliphatic heterocycles. The van der Waals surface area contributed by atoms with E-state index >= 15 is 0 Å². The lowest BCUT2D eigenvalue weighted by Crippen LogP contribution is -2.26. The minimum atomic E-state index is -3.88. The third-order valence-corrected chi connectivity index (χ3v) is 6.46. The summed E-state index contributed by atoms with van der Waals surface area (Å²) in [6, 6.07) is 7.82. The number of rotatable bonds is 9. The molecular weight excluding hydrogens is 424 g/mol. The van der Waals surface area contributed by atoms with Gasteiger partial charge in [0, 0.05) is 25.1 Å². The summed E-state index contributed by atoms with van der Waals surface area (Å²) < 4.78 is 49.9. The Hall–Kier alpha value is -2.98. The molecule has 0 saturated carbocycles. The Morgan fingerprint density at radius 3 is 2.19 bits per heavy atom. The Morgan fingerprint density at radius 2 is 1.61 bits per heavy atom. The number of hydrogen-bond donors (Lipinski definition) is 1. The number of nitrogens with one attached hydrogen (secondary N) is 1. The summed E-state index contributed by atoms with van der Waals surface area (Å²) in [7, 11) is 2.05. The van der Waals surface area contributed by atoms with Gasteiger partial charge in [0.2, 0.25) is 21.7 Å². The van der Waals surface area contributed by atoms with Gasteiger partial charge in [-0.25, -0.2) is 13.1 Å². The maximum Gasteiger partial charge on any atom is 0.240 e. The molecule has 0 aromatic heterocycles. The fourth-order valence-electron chi connectivity index (χ4n) is 3.51. The smallest absolute Gasteiger partial charge is 0.240 e. The second-order valence-electron chi connectivity index (χ2n) is 6.80. The molecule has 1 amide bonds. The maximum atomic E-state index is 13.0. The van der Waals surface area contributed by atoms with Crippen molar-refractivity contribution in [3.05, 3.63) is 35.9 Å². The molecule has 3 rings (SSSR count). The summed E-state index contributed by atoms with van der Waals surface area (Å²) in [5, 5.41) is 0. The van der Waals surface area contributed by atoms with E-state index in [1.54, 1.807) is 23.1 Å². The fourth-order valence-corrected chi connectivity index (χ4v) is 4.54. The van der Waals surface area contributed by atoms with Crippen LogP contribution in [0.1, 0.15) is 18.4 Å². The number of carbonyl (C=O) groups excluding carboxylic acids is 1. The van der Waals surface area contributed by atoms with Gasteiger partial charge in [-0.05, 0) is 30.7 Å². The van der Waals surface area contributed by atoms with E-state index in [1.807, 2.05) is 0 Å². The van der Waals surface area contributed by atoms with E-state index in [0.29, 0.717) is 47.2 Å². The molecule has 1 heterocycles. The summed E-state index contributed by atoms with van der Waals surface area (Å²) in [5.41, 5.74) is 1.02. The molecule has 2 aromatic carbocycles. The SMILES string of the molecule is COc1ccc(S(=O)(=O)NCc2ccc(OC)c(OC)c2OC)cc1N1CCCC1=O. The monoisotopic (exact) mass is 450 g/mol. The van der Waals surface area contributed by atoms with Crippen LogP contribution in [0.3, 0.4) is 0 Å². The normalized spacial score (nSPS) is 13.9. The highest BCUT2D eigenvalue weighted by atomic mass is 32.2. The first-order chi connectivity index (χ1) is 14.9. The highest BCUT2D eigenvalue weighted by molar-refractivity contribution is 7.89. The van der Waals surface area contributed by atoms with E-state index in [1.165, 1.54) is 40.6 Å². The van der Waals surface area contributed by atoms with Crippen molar-refractivity contribution in [1.29, 1.82) is 0 Å². The summed E-state index contributed by atoms with van der Waals surface area (Å²) in [6.07, 6.45) is 1.15. The molecule has 168 valence electrons. The van der Waals surface area contributed by atoms with E-state index in [-0.39, 0.29) is 17.3 Å². The summed E-state index contributed by atoms with van der Waals surface area (Å²) >= 11 is 0. The van der Waals surface area contributed by atoms with Gasteiger partial charge in [-0.2, -0.15) is 0 Å². The van der Waals surface area contributed by atoms with Crippen molar-refractivity contribution >= 4 is 21.6 Å². The third-order valence-electron chi connectivity index (χ3n) is 5.06. The molecule has 1 N–H and O–H groups in total. The average Bonchev–Trinajstić information content (AvgIpc) is 3.21. The molecule has 0 aliphatic carbocycles. The number of methoxy groups -OCH3 is 4. The first-order valence-corrected chi connectivity index (χ1v) is 11.1. The van der Waals surface area contributed by atoms with Crippen LogP contribution in [0.2, 0.25) is 0 Å². The van der Waals surface area contributed by atoms with E-state index in [9.17, 15) is 13.2 Å². The summed E-state index contributed by atoms with van der Waals surface area (Å²) in [5.74, 6) is 1.61. The van der Waals surface area contributed by atoms with Gasteiger partial charge in [0.25, 0.3) is 0 Å². The average molecular weight is 451 g/mol. The van der Waals surface area contributed by atoms with Gasteiger partial charge in [-0.1, -0.05) is 6.07 Å². The number of benzene rings is 2. The molecule has 2 aromatic rings. The van der Waals surface area contributed by atoms with Crippen molar-refractivity contribution in [2.75, 3.05) is 39.9 Å². The lowest BCUT2D eigenvalue weighted by atomic mass is 10.1. The predicted octanol–water partition coefficient (Wildman–Crippen LogP) is 2.33. The summed E-state index contributed by atoms with van der Waals surface area (Å²) in [4.78, 5) is 13.7. The van der Waals surface area contributed by atoms with Crippen LogP contribution in [0.5, 0.6) is 23.0 Å². The predicted molar refractivity (Wildman–Crippen MR) is 115 cm³/mol. The molecule has 0 radical (unpaired) electrons. The van der Waals surface area contributed by atoms with Crippen molar-refractivity contribution in [2.45, 2.75) is 24.3 Å². The zero-order valence-electron chi connectivity index (χ0n) is 17.9. The van der Waals surface area contributed by atoms with Crippen molar-refractivity contribution in [1.82, 2.24) is 4.72 Å². The maximum absolute atomic E-state index is 13.0. The van der Waals surface area contributed by atoms with Gasteiger partial charge in [-0.15, -0.1) is 0 Å². The molecule has 10 heteroatoms. The van der Waals surface area contributed by atoms with Crippen LogP contribution in [0.25, 0.3) is 0 Å². The fraction of sp³-hybridized carbons (Fsp3) is 0.381. The highest BCUT2D eigenvalue weighted by Gasteiger charge is 2.27. The molecule has 0 atom stereocenters. The number of carbonyl (C=O) groups is 1. The number of anilines is 1. The lowest BCUT2D eigenvalue weighted by Gasteiger charge is -2.20. The molecule has 1 fully saturated rings. The quantitative estimate of drug-likeness (QED) is 0.625. The molecule has 31 heavy (non-hydrogen) atoms. The largest absolute Gasteiger partial charge is 0.495 e. The van der Waals surface area contributed by atoms with Gasteiger partial charge >= 0.3 is 0 Å². The first kappa shape index (κ1) is 22.7. The second-order valence-corrected chi connectivity index (χ2v) is 8.57. The van der Waals surface area contributed by atoms with E-state index in [4.69, 9.17) is 18.9 Å². The van der Waals surface area contributed by atoms with Crippen LogP contribution in [-0.2, 0) is 21.4 Å². The van der Waals surface area contributed by atoms with Crippen LogP contribution in [0.15, 0.2) is 35.2 Å². The van der Waals surface area contributed by atoms with Crippen LogP contribution in [0.4, 0.5) is 5.69 Å². The number of ether oxygens (including phenoxy) is 4.